The van der Waals surface area contributed by atoms with Gasteiger partial charge in [-0.15, -0.1) is 0 Å². The van der Waals surface area contributed by atoms with Gasteiger partial charge in [-0.25, -0.2) is 0 Å². The van der Waals surface area contributed by atoms with Crippen LogP contribution in [0.15, 0.2) is 24.3 Å². The van der Waals surface area contributed by atoms with Gasteiger partial charge in [-0.05, 0) is 37.1 Å². The van der Waals surface area contributed by atoms with Crippen LogP contribution in [0.3, 0.4) is 0 Å². The second kappa shape index (κ2) is 8.31. The normalized spacial score (nSPS) is 14.8. The van der Waals surface area contributed by atoms with E-state index >= 15 is 0 Å². The number of methoxy groups -OCH3 is 1. The maximum Gasteiger partial charge on any atom is 0.315 e. The van der Waals surface area contributed by atoms with E-state index in [1.54, 1.807) is 24.3 Å². The predicted molar refractivity (Wildman–Crippen MR) is 86.0 cm³/mol. The summed E-state index contributed by atoms with van der Waals surface area (Å²) >= 11 is 0. The van der Waals surface area contributed by atoms with Crippen LogP contribution in [0.25, 0.3) is 0 Å². The Bertz CT molecular complexity index is 562. The molecule has 1 fully saturated rings. The maximum absolute atomic E-state index is 12.2. The Kier molecular flexibility index (Phi) is 6.14. The van der Waals surface area contributed by atoms with Crippen LogP contribution in [-0.2, 0) is 14.3 Å². The summed E-state index contributed by atoms with van der Waals surface area (Å²) in [5.41, 5.74) is 1.09. The van der Waals surface area contributed by atoms with Gasteiger partial charge in [0.15, 0.2) is 0 Å². The lowest BCUT2D eigenvalue weighted by molar-refractivity contribution is -0.142. The molecule has 2 amide bonds. The average molecular weight is 318 g/mol. The highest BCUT2D eigenvalue weighted by Crippen LogP contribution is 2.18. The predicted octanol–water partition coefficient (Wildman–Crippen LogP) is 2.25. The molecule has 1 aliphatic rings. The molecule has 0 aliphatic heterocycles. The fourth-order valence-corrected chi connectivity index (χ4v) is 2.63. The smallest absolute Gasteiger partial charge is 0.315 e. The van der Waals surface area contributed by atoms with Gasteiger partial charge in [0, 0.05) is 17.3 Å². The molecule has 1 aliphatic carbocycles. The molecule has 0 aromatic heterocycles. The van der Waals surface area contributed by atoms with Crippen molar-refractivity contribution in [2.45, 2.75) is 44.6 Å². The number of nitrogens with one attached hydrogen (secondary N) is 2. The van der Waals surface area contributed by atoms with E-state index in [9.17, 15) is 14.4 Å². The van der Waals surface area contributed by atoms with Crippen molar-refractivity contribution in [3.63, 3.8) is 0 Å². The summed E-state index contributed by atoms with van der Waals surface area (Å²) in [6.45, 7) is 0. The number of hydrogen-bond acceptors (Lipinski definition) is 4. The van der Waals surface area contributed by atoms with E-state index in [2.05, 4.69) is 15.4 Å². The Morgan fingerprint density at radius 3 is 2.35 bits per heavy atom. The third-order valence-corrected chi connectivity index (χ3v) is 3.90. The standard InChI is InChI=1S/C17H22N2O4/c1-23-16(21)11-15(20)18-14-9-7-12(8-10-14)17(22)19-13-5-3-2-4-6-13/h7-10,13H,2-6,11H2,1H3,(H,18,20)(H,19,22). The van der Waals surface area contributed by atoms with Crippen molar-refractivity contribution in [3.8, 4) is 0 Å². The minimum absolute atomic E-state index is 0.0932. The van der Waals surface area contributed by atoms with Crippen LogP contribution in [-0.4, -0.2) is 30.9 Å². The maximum atomic E-state index is 12.2. The molecule has 1 saturated carbocycles. The van der Waals surface area contributed by atoms with Crippen LogP contribution >= 0.6 is 0 Å². The van der Waals surface area contributed by atoms with E-state index in [1.165, 1.54) is 13.5 Å². The number of esters is 1. The minimum atomic E-state index is -0.592. The third kappa shape index (κ3) is 5.39. The van der Waals surface area contributed by atoms with Gasteiger partial charge in [-0.1, -0.05) is 19.3 Å². The van der Waals surface area contributed by atoms with Crippen molar-refractivity contribution in [2.24, 2.45) is 0 Å². The molecule has 2 N–H and O–H groups in total. The minimum Gasteiger partial charge on any atom is -0.469 e. The van der Waals surface area contributed by atoms with Gasteiger partial charge in [0.05, 0.1) is 7.11 Å². The summed E-state index contributed by atoms with van der Waals surface area (Å²) in [5, 5.41) is 5.62. The first kappa shape index (κ1) is 17.0. The fraction of sp³-hybridized carbons (Fsp3) is 0.471. The van der Waals surface area contributed by atoms with Gasteiger partial charge in [0.25, 0.3) is 5.91 Å². The summed E-state index contributed by atoms with van der Waals surface area (Å²) in [7, 11) is 1.23. The lowest BCUT2D eigenvalue weighted by Gasteiger charge is -2.22. The molecule has 0 atom stereocenters. The number of carbonyl (C=O) groups is 3. The van der Waals surface area contributed by atoms with Crippen LogP contribution < -0.4 is 10.6 Å². The fourth-order valence-electron chi connectivity index (χ4n) is 2.63. The van der Waals surface area contributed by atoms with Crippen LogP contribution in [0.2, 0.25) is 0 Å². The van der Waals surface area contributed by atoms with E-state index in [1.807, 2.05) is 0 Å². The Hall–Kier alpha value is -2.37. The number of rotatable bonds is 5. The monoisotopic (exact) mass is 318 g/mol. The van der Waals surface area contributed by atoms with Crippen molar-refractivity contribution in [1.29, 1.82) is 0 Å². The Balaban J connectivity index is 1.87. The number of hydrogen-bond donors (Lipinski definition) is 2. The summed E-state index contributed by atoms with van der Waals surface area (Å²) in [4.78, 5) is 34.8. The van der Waals surface area contributed by atoms with Gasteiger partial charge >= 0.3 is 5.97 Å². The summed E-state index contributed by atoms with van der Waals surface area (Å²) in [6, 6.07) is 6.86. The zero-order valence-electron chi connectivity index (χ0n) is 13.3. The van der Waals surface area contributed by atoms with Gasteiger partial charge in [-0.3, -0.25) is 14.4 Å². The number of carbonyl (C=O) groups excluding carboxylic acids is 3. The van der Waals surface area contributed by atoms with E-state index in [4.69, 9.17) is 0 Å². The number of anilines is 1. The molecular formula is C17H22N2O4. The first-order valence-electron chi connectivity index (χ1n) is 7.86. The van der Waals surface area contributed by atoms with E-state index < -0.39 is 11.9 Å². The first-order valence-corrected chi connectivity index (χ1v) is 7.86. The molecule has 124 valence electrons. The molecule has 0 heterocycles. The zero-order valence-corrected chi connectivity index (χ0v) is 13.3. The van der Waals surface area contributed by atoms with Gasteiger partial charge in [0.2, 0.25) is 5.91 Å². The molecule has 1 aromatic rings. The molecule has 6 nitrogen and oxygen atoms in total. The molecule has 2 rings (SSSR count). The second-order valence-electron chi connectivity index (χ2n) is 5.69. The topological polar surface area (TPSA) is 84.5 Å². The van der Waals surface area contributed by atoms with Crippen molar-refractivity contribution >= 4 is 23.5 Å². The molecule has 0 radical (unpaired) electrons. The largest absolute Gasteiger partial charge is 0.469 e. The highest BCUT2D eigenvalue weighted by atomic mass is 16.5. The number of ether oxygens (including phenoxy) is 1. The highest BCUT2D eigenvalue weighted by Gasteiger charge is 2.16. The molecule has 0 spiro atoms. The summed E-state index contributed by atoms with van der Waals surface area (Å²) in [5.74, 6) is -1.13. The molecule has 0 bridgehead atoms. The van der Waals surface area contributed by atoms with E-state index in [0.29, 0.717) is 11.3 Å². The van der Waals surface area contributed by atoms with E-state index in [0.717, 1.165) is 25.7 Å². The van der Waals surface area contributed by atoms with Crippen LogP contribution in [0, 0.1) is 0 Å². The number of amides is 2. The van der Waals surface area contributed by atoms with Crippen LogP contribution in [0.1, 0.15) is 48.9 Å². The molecule has 0 saturated heterocycles. The van der Waals surface area contributed by atoms with Crippen molar-refractivity contribution in [1.82, 2.24) is 5.32 Å². The molecule has 23 heavy (non-hydrogen) atoms. The van der Waals surface area contributed by atoms with Crippen molar-refractivity contribution in [2.75, 3.05) is 12.4 Å². The van der Waals surface area contributed by atoms with Gasteiger partial charge in [-0.2, -0.15) is 0 Å². The molecule has 1 aromatic carbocycles. The SMILES string of the molecule is COC(=O)CC(=O)Nc1ccc(C(=O)NC2CCCCC2)cc1. The quantitative estimate of drug-likeness (QED) is 0.644. The Labute approximate surface area is 135 Å². The Morgan fingerprint density at radius 2 is 1.74 bits per heavy atom. The lowest BCUT2D eigenvalue weighted by Crippen LogP contribution is -2.36. The Morgan fingerprint density at radius 1 is 1.09 bits per heavy atom. The third-order valence-electron chi connectivity index (χ3n) is 3.90. The van der Waals surface area contributed by atoms with E-state index in [-0.39, 0.29) is 18.4 Å². The first-order chi connectivity index (χ1) is 11.1. The summed E-state index contributed by atoms with van der Waals surface area (Å²) in [6.07, 6.45) is 5.31. The van der Waals surface area contributed by atoms with Crippen LogP contribution in [0.5, 0.6) is 0 Å². The number of benzene rings is 1. The molecule has 0 unspecified atom stereocenters. The van der Waals surface area contributed by atoms with Gasteiger partial charge < -0.3 is 15.4 Å². The van der Waals surface area contributed by atoms with Crippen molar-refractivity contribution in [3.05, 3.63) is 29.8 Å². The molecular weight excluding hydrogens is 296 g/mol. The van der Waals surface area contributed by atoms with Crippen molar-refractivity contribution < 1.29 is 19.1 Å². The highest BCUT2D eigenvalue weighted by molar-refractivity contribution is 6.02. The lowest BCUT2D eigenvalue weighted by atomic mass is 9.95. The summed E-state index contributed by atoms with van der Waals surface area (Å²) < 4.78 is 4.43. The van der Waals surface area contributed by atoms with Crippen LogP contribution in [0.4, 0.5) is 5.69 Å². The second-order valence-corrected chi connectivity index (χ2v) is 5.69. The van der Waals surface area contributed by atoms with Gasteiger partial charge in [0.1, 0.15) is 6.42 Å². The molecule has 6 heteroatoms. The average Bonchev–Trinajstić information content (AvgIpc) is 2.56. The zero-order chi connectivity index (χ0) is 16.7.